The van der Waals surface area contributed by atoms with E-state index < -0.39 is 23.3 Å². The number of hydrogen-bond donors (Lipinski definition) is 0. The molecule has 0 aromatic carbocycles. The minimum absolute atomic E-state index is 0. The molecule has 4 nitrogen and oxygen atoms in total. The zero-order valence-electron chi connectivity index (χ0n) is 7.82. The second kappa shape index (κ2) is 3.61. The van der Waals surface area contributed by atoms with Gasteiger partial charge in [0.25, 0.3) is 0 Å². The predicted molar refractivity (Wildman–Crippen MR) is 37.9 cm³/mol. The minimum atomic E-state index is -1.23. The van der Waals surface area contributed by atoms with Crippen molar-refractivity contribution in [2.45, 2.75) is 25.7 Å². The number of carboxylic acid groups (broad SMARTS) is 2. The van der Waals surface area contributed by atoms with Crippen molar-refractivity contribution < 1.29 is 39.3 Å². The maximum absolute atomic E-state index is 10.9. The molecular weight excluding hydrogens is 237 g/mol. The smallest absolute Gasteiger partial charge is 0.550 e. The van der Waals surface area contributed by atoms with Gasteiger partial charge in [-0.1, -0.05) is 0 Å². The van der Waals surface area contributed by atoms with Crippen molar-refractivity contribution in [3.63, 3.8) is 0 Å². The van der Waals surface area contributed by atoms with Gasteiger partial charge in [0.05, 0.1) is 0 Å². The summed E-state index contributed by atoms with van der Waals surface area (Å²) in [5, 5.41) is 21.6. The molecule has 2 fully saturated rings. The van der Waals surface area contributed by atoms with Crippen molar-refractivity contribution in [3.05, 3.63) is 0 Å². The molecule has 72 valence electrons. The molecule has 0 amide bonds. The van der Waals surface area contributed by atoms with Crippen LogP contribution in [0, 0.1) is 17.3 Å². The van der Waals surface area contributed by atoms with Gasteiger partial charge in [0.1, 0.15) is 0 Å². The van der Waals surface area contributed by atoms with Crippen LogP contribution < -0.4 is 10.2 Å². The fraction of sp³-hybridized carbons (Fsp3) is 0.778. The van der Waals surface area contributed by atoms with E-state index in [1.807, 2.05) is 0 Å². The molecule has 0 N–H and O–H groups in total. The number of rotatable bonds is 2. The summed E-state index contributed by atoms with van der Waals surface area (Å²) in [7, 11) is 0. The van der Waals surface area contributed by atoms with Gasteiger partial charge in [-0.2, -0.15) is 0 Å². The summed E-state index contributed by atoms with van der Waals surface area (Å²) in [6, 6.07) is 0. The zero-order valence-corrected chi connectivity index (χ0v) is 10.8. The van der Waals surface area contributed by atoms with Crippen molar-refractivity contribution in [1.82, 2.24) is 0 Å². The molecular formula is C9H10O4Zn. The molecule has 0 aliphatic heterocycles. The molecule has 0 spiro atoms. The molecule has 14 heavy (non-hydrogen) atoms. The Hall–Kier alpha value is -0.437. The number of aliphatic carboxylic acids is 2. The van der Waals surface area contributed by atoms with Crippen molar-refractivity contribution in [1.29, 1.82) is 0 Å². The number of fused-ring (bicyclic) bond motifs is 2. The molecule has 0 saturated heterocycles. The van der Waals surface area contributed by atoms with Gasteiger partial charge in [0.15, 0.2) is 0 Å². The van der Waals surface area contributed by atoms with Gasteiger partial charge < -0.3 is 19.8 Å². The Morgan fingerprint density at radius 1 is 1.29 bits per heavy atom. The maximum Gasteiger partial charge on any atom is 2.00 e. The molecule has 3 atom stereocenters. The van der Waals surface area contributed by atoms with Crippen LogP contribution in [0.1, 0.15) is 25.7 Å². The van der Waals surface area contributed by atoms with Crippen LogP contribution in [0.4, 0.5) is 0 Å². The zero-order chi connectivity index (χ0) is 9.64. The Labute approximate surface area is 94.4 Å². The average molecular weight is 248 g/mol. The van der Waals surface area contributed by atoms with E-state index in [-0.39, 0.29) is 25.4 Å². The maximum atomic E-state index is 10.9. The molecule has 2 aliphatic rings. The molecule has 0 aromatic rings. The summed E-state index contributed by atoms with van der Waals surface area (Å²) < 4.78 is 0. The van der Waals surface area contributed by atoms with E-state index in [1.54, 1.807) is 0 Å². The van der Waals surface area contributed by atoms with Crippen LogP contribution in [-0.2, 0) is 29.1 Å². The third-order valence-electron chi connectivity index (χ3n) is 3.58. The van der Waals surface area contributed by atoms with Gasteiger partial charge in [-0.3, -0.25) is 0 Å². The Kier molecular flexibility index (Phi) is 3.00. The van der Waals surface area contributed by atoms with Crippen LogP contribution in [0.15, 0.2) is 0 Å². The number of carboxylic acids is 2. The number of carbonyl (C=O) groups is 2. The Balaban J connectivity index is 0.000000980. The Morgan fingerprint density at radius 3 is 2.29 bits per heavy atom. The second-order valence-electron chi connectivity index (χ2n) is 4.16. The van der Waals surface area contributed by atoms with Crippen LogP contribution in [-0.4, -0.2) is 11.9 Å². The number of hydrogen-bond acceptors (Lipinski definition) is 4. The third-order valence-corrected chi connectivity index (χ3v) is 3.58. The summed E-state index contributed by atoms with van der Waals surface area (Å²) in [5.41, 5.74) is -1.11. The quantitative estimate of drug-likeness (QED) is 0.544. The fourth-order valence-corrected chi connectivity index (χ4v) is 2.91. The van der Waals surface area contributed by atoms with E-state index in [0.717, 1.165) is 6.42 Å². The van der Waals surface area contributed by atoms with E-state index in [4.69, 9.17) is 0 Å². The fourth-order valence-electron chi connectivity index (χ4n) is 2.91. The second-order valence-corrected chi connectivity index (χ2v) is 4.16. The predicted octanol–water partition coefficient (Wildman–Crippen LogP) is -1.71. The van der Waals surface area contributed by atoms with Crippen LogP contribution >= 0.6 is 0 Å². The molecule has 2 rings (SSSR count). The van der Waals surface area contributed by atoms with Gasteiger partial charge in [-0.25, -0.2) is 0 Å². The first kappa shape index (κ1) is 11.6. The molecule has 0 heterocycles. The van der Waals surface area contributed by atoms with E-state index in [0.29, 0.717) is 19.3 Å². The first-order valence-electron chi connectivity index (χ1n) is 4.48. The Morgan fingerprint density at radius 2 is 1.93 bits per heavy atom. The summed E-state index contributed by atoms with van der Waals surface area (Å²) in [6.07, 6.45) is 2.18. The molecule has 0 radical (unpaired) electrons. The van der Waals surface area contributed by atoms with Gasteiger partial charge in [0.2, 0.25) is 0 Å². The van der Waals surface area contributed by atoms with E-state index >= 15 is 0 Å². The van der Waals surface area contributed by atoms with Gasteiger partial charge in [-0.15, -0.1) is 0 Å². The molecule has 2 bridgehead atoms. The van der Waals surface area contributed by atoms with Crippen LogP contribution in [0.2, 0.25) is 0 Å². The standard InChI is InChI=1S/C9H12O4.Zn/c10-7(11)6-3-5-1-2-9(6,4-5)8(12)13;/h5-6H,1-4H2,(H,10,11)(H,12,13);/q;+2/p-2. The van der Waals surface area contributed by atoms with Crippen molar-refractivity contribution >= 4 is 11.9 Å². The molecule has 3 unspecified atom stereocenters. The van der Waals surface area contributed by atoms with Crippen molar-refractivity contribution in [2.75, 3.05) is 0 Å². The summed E-state index contributed by atoms with van der Waals surface area (Å²) in [4.78, 5) is 21.6. The summed E-state index contributed by atoms with van der Waals surface area (Å²) >= 11 is 0. The third kappa shape index (κ3) is 1.38. The van der Waals surface area contributed by atoms with Crippen LogP contribution in [0.25, 0.3) is 0 Å². The van der Waals surface area contributed by atoms with Gasteiger partial charge >= 0.3 is 19.5 Å². The topological polar surface area (TPSA) is 80.3 Å². The van der Waals surface area contributed by atoms with E-state index in [9.17, 15) is 19.8 Å². The van der Waals surface area contributed by atoms with Crippen molar-refractivity contribution in [2.24, 2.45) is 17.3 Å². The largest absolute Gasteiger partial charge is 2.00 e. The molecule has 5 heteroatoms. The molecule has 0 aromatic heterocycles. The van der Waals surface area contributed by atoms with Crippen LogP contribution in [0.3, 0.4) is 0 Å². The average Bonchev–Trinajstić information content (AvgIpc) is 2.60. The Bertz CT molecular complexity index is 278. The van der Waals surface area contributed by atoms with Crippen LogP contribution in [0.5, 0.6) is 0 Å². The van der Waals surface area contributed by atoms with E-state index in [1.165, 1.54) is 0 Å². The first-order chi connectivity index (χ1) is 6.06. The monoisotopic (exact) mass is 246 g/mol. The SMILES string of the molecule is O=C([O-])C1CC2CCC1(C(=O)[O-])C2.[Zn+2]. The minimum Gasteiger partial charge on any atom is -0.550 e. The van der Waals surface area contributed by atoms with Crippen molar-refractivity contribution in [3.8, 4) is 0 Å². The van der Waals surface area contributed by atoms with Gasteiger partial charge in [0, 0.05) is 23.3 Å². The summed E-state index contributed by atoms with van der Waals surface area (Å²) in [5.74, 6) is -3.01. The van der Waals surface area contributed by atoms with Gasteiger partial charge in [-0.05, 0) is 31.6 Å². The first-order valence-corrected chi connectivity index (χ1v) is 4.48. The number of carbonyl (C=O) groups excluding carboxylic acids is 2. The molecule has 2 saturated carbocycles. The summed E-state index contributed by atoms with van der Waals surface area (Å²) in [6.45, 7) is 0. The van der Waals surface area contributed by atoms with E-state index in [2.05, 4.69) is 0 Å². The molecule has 2 aliphatic carbocycles. The normalized spacial score (nSPS) is 39.1.